The van der Waals surface area contributed by atoms with Crippen molar-refractivity contribution in [2.45, 2.75) is 19.8 Å². The van der Waals surface area contributed by atoms with E-state index >= 15 is 0 Å². The number of carbonyl (C=O) groups is 1. The number of rotatable bonds is 6. The minimum absolute atomic E-state index is 0. The van der Waals surface area contributed by atoms with Gasteiger partial charge < -0.3 is 15.5 Å². The lowest BCUT2D eigenvalue weighted by Crippen LogP contribution is -2.41. The van der Waals surface area contributed by atoms with Crippen molar-refractivity contribution >= 4 is 53.3 Å². The fraction of sp³-hybridized carbons (Fsp3) is 0.529. The molecule has 24 heavy (non-hydrogen) atoms. The number of thioether (sulfide) groups is 1. The van der Waals surface area contributed by atoms with Crippen molar-refractivity contribution in [2.24, 2.45) is 4.99 Å². The van der Waals surface area contributed by atoms with Crippen molar-refractivity contribution in [3.63, 3.8) is 0 Å². The summed E-state index contributed by atoms with van der Waals surface area (Å²) in [6.45, 7) is 4.60. The summed E-state index contributed by atoms with van der Waals surface area (Å²) < 4.78 is 0. The molecule has 7 heteroatoms. The van der Waals surface area contributed by atoms with E-state index in [1.54, 1.807) is 11.8 Å². The van der Waals surface area contributed by atoms with E-state index in [-0.39, 0.29) is 36.4 Å². The van der Waals surface area contributed by atoms with Crippen molar-refractivity contribution in [3.05, 3.63) is 29.8 Å². The van der Waals surface area contributed by atoms with Gasteiger partial charge in [-0.1, -0.05) is 18.2 Å². The van der Waals surface area contributed by atoms with E-state index in [0.717, 1.165) is 43.9 Å². The monoisotopic (exact) mass is 462 g/mol. The molecule has 0 saturated heterocycles. The quantitative estimate of drug-likeness (QED) is 0.295. The number of amides is 1. The average molecular weight is 462 g/mol. The van der Waals surface area contributed by atoms with Crippen LogP contribution in [0.1, 0.15) is 18.9 Å². The Balaban J connectivity index is 0.00000288. The second kappa shape index (κ2) is 11.6. The van der Waals surface area contributed by atoms with E-state index in [1.807, 2.05) is 30.0 Å². The molecule has 2 rings (SSSR count). The van der Waals surface area contributed by atoms with Gasteiger partial charge >= 0.3 is 0 Å². The number of hydrogen-bond donors (Lipinski definition) is 2. The Morgan fingerprint density at radius 3 is 2.88 bits per heavy atom. The van der Waals surface area contributed by atoms with Crippen LogP contribution >= 0.6 is 35.7 Å². The van der Waals surface area contributed by atoms with Gasteiger partial charge in [0.1, 0.15) is 6.54 Å². The predicted octanol–water partition coefficient (Wildman–Crippen LogP) is 2.50. The number of hydrogen-bond acceptors (Lipinski definition) is 3. The largest absolute Gasteiger partial charge is 0.357 e. The van der Waals surface area contributed by atoms with Crippen molar-refractivity contribution in [1.82, 2.24) is 10.6 Å². The first-order chi connectivity index (χ1) is 11.3. The lowest BCUT2D eigenvalue weighted by Gasteiger charge is -2.29. The standard InChI is InChI=1S/C17H26N4OS.HI/c1-3-18-17(19-10-12-23-2)20-13-16(22)21-11-6-8-14-7-4-5-9-15(14)21;/h4-5,7,9H,3,6,8,10-13H2,1-2H3,(H2,18,19,20);1H. The van der Waals surface area contributed by atoms with Crippen LogP contribution in [0.4, 0.5) is 5.69 Å². The van der Waals surface area contributed by atoms with Crippen LogP contribution in [0.15, 0.2) is 29.3 Å². The molecule has 134 valence electrons. The zero-order valence-electron chi connectivity index (χ0n) is 14.4. The number of guanidine groups is 1. The van der Waals surface area contributed by atoms with Crippen LogP contribution in [0.3, 0.4) is 0 Å². The molecule has 0 aromatic heterocycles. The lowest BCUT2D eigenvalue weighted by atomic mass is 10.0. The zero-order valence-corrected chi connectivity index (χ0v) is 17.5. The highest BCUT2D eigenvalue weighted by molar-refractivity contribution is 14.0. The van der Waals surface area contributed by atoms with Crippen LogP contribution in [0.25, 0.3) is 0 Å². The third kappa shape index (κ3) is 6.16. The zero-order chi connectivity index (χ0) is 16.5. The fourth-order valence-electron chi connectivity index (χ4n) is 2.64. The average Bonchev–Trinajstić information content (AvgIpc) is 2.59. The van der Waals surface area contributed by atoms with Gasteiger partial charge in [-0.05, 0) is 37.7 Å². The third-order valence-corrected chi connectivity index (χ3v) is 4.34. The van der Waals surface area contributed by atoms with Crippen molar-refractivity contribution in [3.8, 4) is 0 Å². The molecule has 0 unspecified atom stereocenters. The molecule has 1 aromatic rings. The van der Waals surface area contributed by atoms with Gasteiger partial charge in [-0.2, -0.15) is 11.8 Å². The molecule has 0 atom stereocenters. The number of nitrogens with zero attached hydrogens (tertiary/aromatic N) is 2. The summed E-state index contributed by atoms with van der Waals surface area (Å²) in [5.41, 5.74) is 2.29. The molecule has 0 bridgehead atoms. The van der Waals surface area contributed by atoms with Crippen molar-refractivity contribution in [1.29, 1.82) is 0 Å². The van der Waals surface area contributed by atoms with E-state index in [2.05, 4.69) is 27.9 Å². The molecule has 5 nitrogen and oxygen atoms in total. The molecule has 2 N–H and O–H groups in total. The van der Waals surface area contributed by atoms with Gasteiger partial charge in [0.05, 0.1) is 0 Å². The van der Waals surface area contributed by atoms with E-state index < -0.39 is 0 Å². The van der Waals surface area contributed by atoms with Crippen LogP contribution in [0, 0.1) is 0 Å². The summed E-state index contributed by atoms with van der Waals surface area (Å²) in [6, 6.07) is 8.15. The summed E-state index contributed by atoms with van der Waals surface area (Å²) in [7, 11) is 0. The number of aliphatic imine (C=N–C) groups is 1. The van der Waals surface area contributed by atoms with Gasteiger partial charge in [0.25, 0.3) is 0 Å². The molecule has 0 saturated carbocycles. The van der Waals surface area contributed by atoms with Crippen molar-refractivity contribution in [2.75, 3.05) is 43.1 Å². The van der Waals surface area contributed by atoms with Gasteiger partial charge in [0.15, 0.2) is 5.96 Å². The molecule has 1 amide bonds. The third-order valence-electron chi connectivity index (χ3n) is 3.73. The molecule has 0 fully saturated rings. The van der Waals surface area contributed by atoms with Crippen LogP contribution in [-0.4, -0.2) is 50.1 Å². The number of aryl methyl sites for hydroxylation is 1. The Hall–Kier alpha value is -0.960. The van der Waals surface area contributed by atoms with Crippen LogP contribution in [0.2, 0.25) is 0 Å². The summed E-state index contributed by atoms with van der Waals surface area (Å²) in [6.07, 6.45) is 4.13. The molecule has 0 radical (unpaired) electrons. The molecule has 1 aliphatic rings. The van der Waals surface area contributed by atoms with E-state index in [1.165, 1.54) is 5.56 Å². The first kappa shape index (κ1) is 21.1. The first-order valence-corrected chi connectivity index (χ1v) is 9.55. The van der Waals surface area contributed by atoms with Crippen LogP contribution in [0.5, 0.6) is 0 Å². The number of carbonyl (C=O) groups excluding carboxylic acids is 1. The Labute approximate surface area is 166 Å². The predicted molar refractivity (Wildman–Crippen MR) is 115 cm³/mol. The summed E-state index contributed by atoms with van der Waals surface area (Å²) >= 11 is 1.78. The highest BCUT2D eigenvalue weighted by Gasteiger charge is 2.21. The molecule has 1 heterocycles. The Morgan fingerprint density at radius 2 is 2.12 bits per heavy atom. The number of halogens is 1. The van der Waals surface area contributed by atoms with Gasteiger partial charge in [0.2, 0.25) is 5.91 Å². The second-order valence-corrected chi connectivity index (χ2v) is 6.38. The SMILES string of the molecule is CCNC(=NCC(=O)N1CCCc2ccccc21)NCCSC.I. The minimum Gasteiger partial charge on any atom is -0.357 e. The van der Waals surface area contributed by atoms with Crippen molar-refractivity contribution < 1.29 is 4.79 Å². The summed E-state index contributed by atoms with van der Waals surface area (Å²) in [5.74, 6) is 1.78. The van der Waals surface area contributed by atoms with Gasteiger partial charge in [-0.25, -0.2) is 4.99 Å². The summed E-state index contributed by atoms with van der Waals surface area (Å²) in [5, 5.41) is 6.42. The molecule has 0 spiro atoms. The molecule has 1 aromatic carbocycles. The van der Waals surface area contributed by atoms with Crippen LogP contribution in [-0.2, 0) is 11.2 Å². The topological polar surface area (TPSA) is 56.7 Å². The summed E-state index contributed by atoms with van der Waals surface area (Å²) in [4.78, 5) is 18.9. The van der Waals surface area contributed by atoms with Gasteiger partial charge in [-0.15, -0.1) is 24.0 Å². The van der Waals surface area contributed by atoms with Crippen LogP contribution < -0.4 is 15.5 Å². The maximum atomic E-state index is 12.6. The first-order valence-electron chi connectivity index (χ1n) is 8.15. The van der Waals surface area contributed by atoms with Gasteiger partial charge in [0, 0.05) is 31.1 Å². The van der Waals surface area contributed by atoms with Gasteiger partial charge in [-0.3, -0.25) is 4.79 Å². The number of anilines is 1. The van der Waals surface area contributed by atoms with E-state index in [0.29, 0.717) is 5.96 Å². The number of fused-ring (bicyclic) bond motifs is 1. The lowest BCUT2D eigenvalue weighted by molar-refractivity contribution is -0.117. The Morgan fingerprint density at radius 1 is 1.33 bits per heavy atom. The molecule has 1 aliphatic heterocycles. The maximum Gasteiger partial charge on any atom is 0.248 e. The number of benzene rings is 1. The smallest absolute Gasteiger partial charge is 0.248 e. The second-order valence-electron chi connectivity index (χ2n) is 5.39. The molecule has 0 aliphatic carbocycles. The number of para-hydroxylation sites is 1. The van der Waals surface area contributed by atoms with E-state index in [9.17, 15) is 4.79 Å². The molecular weight excluding hydrogens is 435 g/mol. The maximum absolute atomic E-state index is 12.6. The Kier molecular flexibility index (Phi) is 10.2. The molecular formula is C17H27IN4OS. The highest BCUT2D eigenvalue weighted by Crippen LogP contribution is 2.26. The fourth-order valence-corrected chi connectivity index (χ4v) is 2.94. The highest BCUT2D eigenvalue weighted by atomic mass is 127. The van der Waals surface area contributed by atoms with E-state index in [4.69, 9.17) is 0 Å². The number of nitrogens with one attached hydrogen (secondary N) is 2. The Bertz CT molecular complexity index is 553. The normalized spacial score (nSPS) is 13.8. The minimum atomic E-state index is 0.